The van der Waals surface area contributed by atoms with Gasteiger partial charge in [0, 0.05) is 12.1 Å². The molecule has 0 aliphatic heterocycles. The zero-order valence-electron chi connectivity index (χ0n) is 8.99. The molecule has 0 unspecified atom stereocenters. The molecule has 15 heavy (non-hydrogen) atoms. The first kappa shape index (κ1) is 10.1. The molecule has 1 aromatic rings. The smallest absolute Gasteiger partial charge is 0.228 e. The van der Waals surface area contributed by atoms with Crippen LogP contribution in [-0.4, -0.2) is 10.9 Å². The SMILES string of the molecule is Cc1ccc(NC(=O)C2CCCC2)nc1. The highest BCUT2D eigenvalue weighted by atomic mass is 16.1. The van der Waals surface area contributed by atoms with E-state index >= 15 is 0 Å². The molecular formula is C12H16N2O. The third-order valence-corrected chi connectivity index (χ3v) is 2.89. The lowest BCUT2D eigenvalue weighted by atomic mass is 10.1. The summed E-state index contributed by atoms with van der Waals surface area (Å²) in [5.74, 6) is 0.995. The zero-order chi connectivity index (χ0) is 10.7. The van der Waals surface area contributed by atoms with Crippen molar-refractivity contribution in [2.24, 2.45) is 5.92 Å². The van der Waals surface area contributed by atoms with E-state index in [1.54, 1.807) is 6.20 Å². The van der Waals surface area contributed by atoms with E-state index in [1.165, 1.54) is 12.8 Å². The minimum absolute atomic E-state index is 0.129. The van der Waals surface area contributed by atoms with Crippen molar-refractivity contribution < 1.29 is 4.79 Å². The second-order valence-corrected chi connectivity index (χ2v) is 4.19. The first-order valence-electron chi connectivity index (χ1n) is 5.49. The number of hydrogen-bond donors (Lipinski definition) is 1. The summed E-state index contributed by atoms with van der Waals surface area (Å²) in [6.45, 7) is 1.98. The molecule has 1 aliphatic rings. The van der Waals surface area contributed by atoms with Crippen LogP contribution in [0.3, 0.4) is 0 Å². The number of aryl methyl sites for hydroxylation is 1. The molecule has 0 bridgehead atoms. The number of carbonyl (C=O) groups excluding carboxylic acids is 1. The van der Waals surface area contributed by atoms with Gasteiger partial charge in [-0.2, -0.15) is 0 Å². The fourth-order valence-corrected chi connectivity index (χ4v) is 1.96. The Morgan fingerprint density at radius 3 is 2.73 bits per heavy atom. The third-order valence-electron chi connectivity index (χ3n) is 2.89. The van der Waals surface area contributed by atoms with Gasteiger partial charge in [-0.25, -0.2) is 4.98 Å². The molecule has 1 saturated carbocycles. The van der Waals surface area contributed by atoms with E-state index in [-0.39, 0.29) is 11.8 Å². The molecule has 0 aromatic carbocycles. The summed E-state index contributed by atoms with van der Waals surface area (Å²) in [4.78, 5) is 15.9. The molecule has 3 nitrogen and oxygen atoms in total. The van der Waals surface area contributed by atoms with E-state index < -0.39 is 0 Å². The van der Waals surface area contributed by atoms with E-state index in [0.717, 1.165) is 18.4 Å². The highest BCUT2D eigenvalue weighted by Crippen LogP contribution is 2.25. The van der Waals surface area contributed by atoms with Gasteiger partial charge in [0.25, 0.3) is 0 Å². The van der Waals surface area contributed by atoms with Gasteiger partial charge in [-0.1, -0.05) is 18.9 Å². The normalized spacial score (nSPS) is 16.6. The number of carbonyl (C=O) groups is 1. The van der Waals surface area contributed by atoms with Gasteiger partial charge in [0.05, 0.1) is 0 Å². The lowest BCUT2D eigenvalue weighted by Crippen LogP contribution is -2.20. The van der Waals surface area contributed by atoms with Crippen molar-refractivity contribution in [3.63, 3.8) is 0 Å². The molecule has 0 radical (unpaired) electrons. The Bertz CT molecular complexity index is 339. The summed E-state index contributed by atoms with van der Waals surface area (Å²) in [6.07, 6.45) is 6.18. The van der Waals surface area contributed by atoms with Gasteiger partial charge in [-0.15, -0.1) is 0 Å². The van der Waals surface area contributed by atoms with Crippen molar-refractivity contribution >= 4 is 11.7 Å². The van der Waals surface area contributed by atoms with Crippen LogP contribution in [0.25, 0.3) is 0 Å². The Kier molecular flexibility index (Phi) is 2.99. The lowest BCUT2D eigenvalue weighted by Gasteiger charge is -2.09. The summed E-state index contributed by atoms with van der Waals surface area (Å²) < 4.78 is 0. The van der Waals surface area contributed by atoms with E-state index in [1.807, 2.05) is 19.1 Å². The minimum Gasteiger partial charge on any atom is -0.310 e. The molecular weight excluding hydrogens is 188 g/mol. The van der Waals surface area contributed by atoms with E-state index in [4.69, 9.17) is 0 Å². The standard InChI is InChI=1S/C12H16N2O/c1-9-6-7-11(13-8-9)14-12(15)10-4-2-3-5-10/h6-8,10H,2-5H2,1H3,(H,13,14,15). The molecule has 1 amide bonds. The van der Waals surface area contributed by atoms with Crippen molar-refractivity contribution in [3.8, 4) is 0 Å². The van der Waals surface area contributed by atoms with E-state index in [2.05, 4.69) is 10.3 Å². The Hall–Kier alpha value is -1.38. The van der Waals surface area contributed by atoms with Crippen molar-refractivity contribution in [2.75, 3.05) is 5.32 Å². The molecule has 80 valence electrons. The fraction of sp³-hybridized carbons (Fsp3) is 0.500. The molecule has 1 aromatic heterocycles. The molecule has 2 rings (SSSR count). The van der Waals surface area contributed by atoms with Crippen LogP contribution >= 0.6 is 0 Å². The predicted octanol–water partition coefficient (Wildman–Crippen LogP) is 2.52. The average molecular weight is 204 g/mol. The Labute approximate surface area is 89.9 Å². The number of nitrogens with zero attached hydrogens (tertiary/aromatic N) is 1. The first-order valence-corrected chi connectivity index (χ1v) is 5.49. The minimum atomic E-state index is 0.129. The second kappa shape index (κ2) is 4.43. The maximum atomic E-state index is 11.7. The van der Waals surface area contributed by atoms with Crippen molar-refractivity contribution in [2.45, 2.75) is 32.6 Å². The van der Waals surface area contributed by atoms with Gasteiger partial charge in [-0.05, 0) is 31.4 Å². The maximum Gasteiger partial charge on any atom is 0.228 e. The topological polar surface area (TPSA) is 42.0 Å². The monoisotopic (exact) mass is 204 g/mol. The summed E-state index contributed by atoms with van der Waals surface area (Å²) in [6, 6.07) is 3.81. The van der Waals surface area contributed by atoms with Crippen LogP contribution in [0, 0.1) is 12.8 Å². The van der Waals surface area contributed by atoms with Crippen molar-refractivity contribution in [1.29, 1.82) is 0 Å². The molecule has 0 atom stereocenters. The van der Waals surface area contributed by atoms with Gasteiger partial charge in [-0.3, -0.25) is 4.79 Å². The van der Waals surface area contributed by atoms with Gasteiger partial charge >= 0.3 is 0 Å². The number of nitrogens with one attached hydrogen (secondary N) is 1. The first-order chi connectivity index (χ1) is 7.25. The van der Waals surface area contributed by atoms with Crippen LogP contribution in [-0.2, 0) is 4.79 Å². The molecule has 0 spiro atoms. The van der Waals surface area contributed by atoms with E-state index in [0.29, 0.717) is 5.82 Å². The average Bonchev–Trinajstić information content (AvgIpc) is 2.74. The van der Waals surface area contributed by atoms with Crippen molar-refractivity contribution in [3.05, 3.63) is 23.9 Å². The van der Waals surface area contributed by atoms with Gasteiger partial charge in [0.15, 0.2) is 0 Å². The quantitative estimate of drug-likeness (QED) is 0.804. The summed E-state index contributed by atoms with van der Waals surface area (Å²) in [5, 5.41) is 2.86. The van der Waals surface area contributed by atoms with Crippen molar-refractivity contribution in [1.82, 2.24) is 4.98 Å². The number of amides is 1. The van der Waals surface area contributed by atoms with Crippen LogP contribution in [0.1, 0.15) is 31.2 Å². The largest absolute Gasteiger partial charge is 0.310 e. The third kappa shape index (κ3) is 2.55. The molecule has 1 N–H and O–H groups in total. The number of rotatable bonds is 2. The zero-order valence-corrected chi connectivity index (χ0v) is 8.99. The lowest BCUT2D eigenvalue weighted by molar-refractivity contribution is -0.119. The Morgan fingerprint density at radius 2 is 2.13 bits per heavy atom. The molecule has 1 aliphatic carbocycles. The molecule has 1 fully saturated rings. The van der Waals surface area contributed by atoms with Gasteiger partial charge in [0.2, 0.25) is 5.91 Å². The van der Waals surface area contributed by atoms with Crippen LogP contribution in [0.15, 0.2) is 18.3 Å². The number of hydrogen-bond acceptors (Lipinski definition) is 2. The predicted molar refractivity (Wildman–Crippen MR) is 59.6 cm³/mol. The second-order valence-electron chi connectivity index (χ2n) is 4.19. The number of aromatic nitrogens is 1. The van der Waals surface area contributed by atoms with Gasteiger partial charge < -0.3 is 5.32 Å². The van der Waals surface area contributed by atoms with Crippen LogP contribution in [0.5, 0.6) is 0 Å². The van der Waals surface area contributed by atoms with Crippen LogP contribution < -0.4 is 5.32 Å². The number of pyridine rings is 1. The maximum absolute atomic E-state index is 11.7. The fourth-order valence-electron chi connectivity index (χ4n) is 1.96. The summed E-state index contributed by atoms with van der Waals surface area (Å²) in [7, 11) is 0. The highest BCUT2D eigenvalue weighted by Gasteiger charge is 2.22. The Balaban J connectivity index is 1.96. The summed E-state index contributed by atoms with van der Waals surface area (Å²) in [5.41, 5.74) is 1.11. The van der Waals surface area contributed by atoms with Gasteiger partial charge in [0.1, 0.15) is 5.82 Å². The molecule has 0 saturated heterocycles. The summed E-state index contributed by atoms with van der Waals surface area (Å²) >= 11 is 0. The van der Waals surface area contributed by atoms with Crippen LogP contribution in [0.4, 0.5) is 5.82 Å². The Morgan fingerprint density at radius 1 is 1.40 bits per heavy atom. The number of anilines is 1. The highest BCUT2D eigenvalue weighted by molar-refractivity contribution is 5.91. The molecule has 1 heterocycles. The molecule has 3 heteroatoms. The van der Waals surface area contributed by atoms with Crippen LogP contribution in [0.2, 0.25) is 0 Å². The van der Waals surface area contributed by atoms with E-state index in [9.17, 15) is 4.79 Å².